The molecule has 1 aliphatic rings. The van der Waals surface area contributed by atoms with E-state index in [4.69, 9.17) is 22.1 Å². The average Bonchev–Trinajstić information content (AvgIpc) is 2.28. The van der Waals surface area contributed by atoms with Crippen LogP contribution in [0.15, 0.2) is 23.1 Å². The normalized spacial score (nSPS) is 22.0. The van der Waals surface area contributed by atoms with Crippen LogP contribution in [0.4, 0.5) is 5.69 Å². The number of rotatable bonds is 2. The molecule has 1 aromatic carbocycles. The van der Waals surface area contributed by atoms with E-state index in [1.165, 1.54) is 22.5 Å². The second-order valence-electron chi connectivity index (χ2n) is 4.23. The number of hydrogen-bond acceptors (Lipinski definition) is 4. The Morgan fingerprint density at radius 3 is 2.83 bits per heavy atom. The molecule has 0 aliphatic carbocycles. The van der Waals surface area contributed by atoms with Gasteiger partial charge in [0.15, 0.2) is 0 Å². The number of morpholine rings is 1. The van der Waals surface area contributed by atoms with E-state index >= 15 is 0 Å². The first-order valence-corrected chi connectivity index (χ1v) is 7.40. The summed E-state index contributed by atoms with van der Waals surface area (Å²) in [6.07, 6.45) is -0.109. The topological polar surface area (TPSA) is 72.6 Å². The van der Waals surface area contributed by atoms with E-state index in [0.717, 1.165) is 0 Å². The summed E-state index contributed by atoms with van der Waals surface area (Å²) in [6, 6.07) is 4.40. The van der Waals surface area contributed by atoms with Crippen LogP contribution in [-0.2, 0) is 14.8 Å². The van der Waals surface area contributed by atoms with Gasteiger partial charge in [-0.15, -0.1) is 0 Å². The van der Waals surface area contributed by atoms with Gasteiger partial charge in [-0.25, -0.2) is 8.42 Å². The Morgan fingerprint density at radius 2 is 2.22 bits per heavy atom. The molecule has 2 N–H and O–H groups in total. The highest BCUT2D eigenvalue weighted by molar-refractivity contribution is 7.89. The largest absolute Gasteiger partial charge is 0.398 e. The number of halogens is 1. The van der Waals surface area contributed by atoms with Crippen LogP contribution >= 0.6 is 11.6 Å². The highest BCUT2D eigenvalue weighted by Crippen LogP contribution is 2.26. The van der Waals surface area contributed by atoms with Gasteiger partial charge in [0, 0.05) is 18.1 Å². The lowest BCUT2D eigenvalue weighted by Gasteiger charge is -2.30. The zero-order valence-electron chi connectivity index (χ0n) is 9.97. The third-order valence-electron chi connectivity index (χ3n) is 2.79. The molecule has 0 bridgehead atoms. The number of sulfonamides is 1. The van der Waals surface area contributed by atoms with E-state index in [1.807, 2.05) is 6.92 Å². The first-order chi connectivity index (χ1) is 8.41. The third-order valence-corrected chi connectivity index (χ3v) is 4.97. The first-order valence-electron chi connectivity index (χ1n) is 5.58. The third kappa shape index (κ3) is 2.61. The number of ether oxygens (including phenoxy) is 1. The second-order valence-corrected chi connectivity index (χ2v) is 6.57. The van der Waals surface area contributed by atoms with Crippen molar-refractivity contribution in [1.82, 2.24) is 4.31 Å². The molecule has 2 rings (SSSR count). The molecule has 1 heterocycles. The van der Waals surface area contributed by atoms with Gasteiger partial charge in [0.25, 0.3) is 0 Å². The van der Waals surface area contributed by atoms with Gasteiger partial charge in [-0.3, -0.25) is 0 Å². The van der Waals surface area contributed by atoms with E-state index < -0.39 is 10.0 Å². The molecule has 0 radical (unpaired) electrons. The zero-order valence-corrected chi connectivity index (χ0v) is 11.5. The molecule has 5 nitrogen and oxygen atoms in total. The van der Waals surface area contributed by atoms with Crippen molar-refractivity contribution >= 4 is 27.3 Å². The monoisotopic (exact) mass is 290 g/mol. The molecule has 0 aromatic heterocycles. The maximum Gasteiger partial charge on any atom is 0.245 e. The Kier molecular flexibility index (Phi) is 3.82. The Hall–Kier alpha value is -0.820. The summed E-state index contributed by atoms with van der Waals surface area (Å²) >= 11 is 5.77. The first kappa shape index (κ1) is 13.6. The summed E-state index contributed by atoms with van der Waals surface area (Å²) in [5, 5.41) is 0.418. The highest BCUT2D eigenvalue weighted by atomic mass is 35.5. The summed E-state index contributed by atoms with van der Waals surface area (Å²) in [4.78, 5) is 0.0981. The van der Waals surface area contributed by atoms with Crippen molar-refractivity contribution in [3.63, 3.8) is 0 Å². The molecule has 1 aliphatic heterocycles. The second kappa shape index (κ2) is 5.05. The number of hydrogen-bond donors (Lipinski definition) is 1. The lowest BCUT2D eigenvalue weighted by atomic mass is 10.3. The van der Waals surface area contributed by atoms with Gasteiger partial charge in [-0.1, -0.05) is 11.6 Å². The number of nitrogen functional groups attached to an aromatic ring is 1. The highest BCUT2D eigenvalue weighted by Gasteiger charge is 2.30. The van der Waals surface area contributed by atoms with Crippen LogP contribution in [-0.4, -0.2) is 38.5 Å². The van der Waals surface area contributed by atoms with Crippen molar-refractivity contribution in [2.24, 2.45) is 0 Å². The SMILES string of the molecule is CC1CN(S(=O)(=O)c2ccc(Cl)cc2N)CCO1. The van der Waals surface area contributed by atoms with E-state index in [-0.39, 0.29) is 16.7 Å². The maximum atomic E-state index is 12.4. The Labute approximate surface area is 112 Å². The predicted octanol–water partition coefficient (Wildman–Crippen LogP) is 1.33. The summed E-state index contributed by atoms with van der Waals surface area (Å²) in [7, 11) is -3.57. The predicted molar refractivity (Wildman–Crippen MR) is 70.0 cm³/mol. The summed E-state index contributed by atoms with van der Waals surface area (Å²) < 4.78 is 31.5. The molecule has 1 atom stereocenters. The lowest BCUT2D eigenvalue weighted by Crippen LogP contribution is -2.44. The van der Waals surface area contributed by atoms with Crippen LogP contribution < -0.4 is 5.73 Å². The number of anilines is 1. The summed E-state index contributed by atoms with van der Waals surface area (Å²) in [6.45, 7) is 2.92. The van der Waals surface area contributed by atoms with Crippen molar-refractivity contribution in [3.05, 3.63) is 23.2 Å². The van der Waals surface area contributed by atoms with Gasteiger partial charge in [0.05, 0.1) is 18.4 Å². The molecule has 1 saturated heterocycles. The van der Waals surface area contributed by atoms with Gasteiger partial charge < -0.3 is 10.5 Å². The van der Waals surface area contributed by atoms with Crippen LogP contribution in [0.25, 0.3) is 0 Å². The van der Waals surface area contributed by atoms with Gasteiger partial charge >= 0.3 is 0 Å². The zero-order chi connectivity index (χ0) is 13.3. The standard InChI is InChI=1S/C11H15ClN2O3S/c1-8-7-14(4-5-17-8)18(15,16)11-3-2-9(12)6-10(11)13/h2-3,6,8H,4-5,7,13H2,1H3. The molecular weight excluding hydrogens is 276 g/mol. The fourth-order valence-corrected chi connectivity index (χ4v) is 3.67. The summed E-state index contributed by atoms with van der Waals surface area (Å²) in [5.41, 5.74) is 5.90. The van der Waals surface area contributed by atoms with Gasteiger partial charge in [-0.2, -0.15) is 4.31 Å². The minimum Gasteiger partial charge on any atom is -0.398 e. The smallest absolute Gasteiger partial charge is 0.245 e. The maximum absolute atomic E-state index is 12.4. The molecule has 1 fully saturated rings. The quantitative estimate of drug-likeness (QED) is 0.834. The number of nitrogens with two attached hydrogens (primary N) is 1. The van der Waals surface area contributed by atoms with Crippen LogP contribution in [0.3, 0.4) is 0 Å². The van der Waals surface area contributed by atoms with Crippen molar-refractivity contribution in [2.45, 2.75) is 17.9 Å². The Bertz CT molecular complexity index is 547. The Balaban J connectivity index is 2.35. The molecule has 1 unspecified atom stereocenters. The van der Waals surface area contributed by atoms with E-state index in [0.29, 0.717) is 24.7 Å². The van der Waals surface area contributed by atoms with Crippen LogP contribution in [0.1, 0.15) is 6.92 Å². The fourth-order valence-electron chi connectivity index (χ4n) is 1.90. The van der Waals surface area contributed by atoms with Crippen molar-refractivity contribution in [2.75, 3.05) is 25.4 Å². The average molecular weight is 291 g/mol. The minimum absolute atomic E-state index is 0.0981. The minimum atomic E-state index is -3.57. The molecule has 1 aromatic rings. The van der Waals surface area contributed by atoms with E-state index in [9.17, 15) is 8.42 Å². The molecule has 100 valence electrons. The van der Waals surface area contributed by atoms with Crippen LogP contribution in [0, 0.1) is 0 Å². The van der Waals surface area contributed by atoms with E-state index in [1.54, 1.807) is 0 Å². The number of nitrogens with zero attached hydrogens (tertiary/aromatic N) is 1. The van der Waals surface area contributed by atoms with Crippen molar-refractivity contribution < 1.29 is 13.2 Å². The van der Waals surface area contributed by atoms with Gasteiger partial charge in [0.1, 0.15) is 4.90 Å². The lowest BCUT2D eigenvalue weighted by molar-refractivity contribution is 0.0102. The fraction of sp³-hybridized carbons (Fsp3) is 0.455. The molecule has 7 heteroatoms. The van der Waals surface area contributed by atoms with Gasteiger partial charge in [0.2, 0.25) is 10.0 Å². The molecule has 0 amide bonds. The number of benzene rings is 1. The van der Waals surface area contributed by atoms with Gasteiger partial charge in [-0.05, 0) is 25.1 Å². The van der Waals surface area contributed by atoms with Crippen molar-refractivity contribution in [3.8, 4) is 0 Å². The molecular formula is C11H15ClN2O3S. The molecule has 18 heavy (non-hydrogen) atoms. The Morgan fingerprint density at radius 1 is 1.50 bits per heavy atom. The van der Waals surface area contributed by atoms with Crippen molar-refractivity contribution in [1.29, 1.82) is 0 Å². The van der Waals surface area contributed by atoms with E-state index in [2.05, 4.69) is 0 Å². The van der Waals surface area contributed by atoms with Crippen LogP contribution in [0.2, 0.25) is 5.02 Å². The van der Waals surface area contributed by atoms with Crippen LogP contribution in [0.5, 0.6) is 0 Å². The molecule has 0 spiro atoms. The summed E-state index contributed by atoms with van der Waals surface area (Å²) in [5.74, 6) is 0. The molecule has 0 saturated carbocycles.